The van der Waals surface area contributed by atoms with Gasteiger partial charge in [-0.15, -0.1) is 11.3 Å². The number of hydrogen-bond donors (Lipinski definition) is 1. The van der Waals surface area contributed by atoms with Crippen molar-refractivity contribution in [1.29, 1.82) is 0 Å². The normalized spacial score (nSPS) is 13.5. The van der Waals surface area contributed by atoms with Gasteiger partial charge < -0.3 is 5.11 Å². The van der Waals surface area contributed by atoms with Crippen LogP contribution in [0.15, 0.2) is 23.6 Å². The van der Waals surface area contributed by atoms with E-state index < -0.39 is 6.10 Å². The molecule has 0 fully saturated rings. The third-order valence-corrected chi connectivity index (χ3v) is 3.31. The second-order valence-corrected chi connectivity index (χ2v) is 4.30. The van der Waals surface area contributed by atoms with Gasteiger partial charge in [0.25, 0.3) is 0 Å². The summed E-state index contributed by atoms with van der Waals surface area (Å²) in [5.74, 6) is 0. The molecule has 1 heterocycles. The minimum atomic E-state index is -0.450. The summed E-state index contributed by atoms with van der Waals surface area (Å²) in [6.07, 6.45) is -0.450. The van der Waals surface area contributed by atoms with Crippen LogP contribution in [0.2, 0.25) is 5.02 Å². The van der Waals surface area contributed by atoms with Crippen molar-refractivity contribution in [2.45, 2.75) is 13.0 Å². The molecule has 68 valence electrons. The number of hydrogen-bond acceptors (Lipinski definition) is 2. The van der Waals surface area contributed by atoms with Crippen LogP contribution in [0.25, 0.3) is 10.1 Å². The molecule has 0 amide bonds. The number of benzene rings is 1. The first kappa shape index (κ1) is 9.00. The fraction of sp³-hybridized carbons (Fsp3) is 0.200. The van der Waals surface area contributed by atoms with E-state index in [1.165, 1.54) is 0 Å². The predicted molar refractivity (Wildman–Crippen MR) is 57.5 cm³/mol. The second kappa shape index (κ2) is 3.29. The van der Waals surface area contributed by atoms with E-state index in [0.717, 1.165) is 20.7 Å². The van der Waals surface area contributed by atoms with Crippen molar-refractivity contribution < 1.29 is 5.11 Å². The molecule has 0 aliphatic carbocycles. The smallest absolute Gasteiger partial charge is 0.0776 e. The van der Waals surface area contributed by atoms with Crippen molar-refractivity contribution >= 4 is 33.0 Å². The van der Waals surface area contributed by atoms with E-state index in [9.17, 15) is 5.11 Å². The van der Waals surface area contributed by atoms with Gasteiger partial charge >= 0.3 is 0 Å². The number of halogens is 1. The third-order valence-electron chi connectivity index (χ3n) is 2.03. The second-order valence-electron chi connectivity index (χ2n) is 2.98. The summed E-state index contributed by atoms with van der Waals surface area (Å²) in [6, 6.07) is 5.78. The molecule has 1 unspecified atom stereocenters. The monoisotopic (exact) mass is 212 g/mol. The van der Waals surface area contributed by atoms with E-state index >= 15 is 0 Å². The number of rotatable bonds is 1. The average molecular weight is 213 g/mol. The standard InChI is InChI=1S/C10H9ClOS/c1-6(12)7-5-13-9-4-2-3-8(11)10(7)9/h2-6,12H,1H3. The lowest BCUT2D eigenvalue weighted by molar-refractivity contribution is 0.201. The Morgan fingerprint density at radius 3 is 2.92 bits per heavy atom. The van der Waals surface area contributed by atoms with Gasteiger partial charge in [-0.3, -0.25) is 0 Å². The Balaban J connectivity index is 2.79. The zero-order valence-corrected chi connectivity index (χ0v) is 8.69. The van der Waals surface area contributed by atoms with Crippen LogP contribution in [-0.2, 0) is 0 Å². The molecule has 1 aromatic carbocycles. The summed E-state index contributed by atoms with van der Waals surface area (Å²) in [5.41, 5.74) is 0.922. The Bertz CT molecular complexity index is 433. The lowest BCUT2D eigenvalue weighted by atomic mass is 10.1. The zero-order valence-electron chi connectivity index (χ0n) is 7.12. The van der Waals surface area contributed by atoms with Crippen molar-refractivity contribution in [3.8, 4) is 0 Å². The topological polar surface area (TPSA) is 20.2 Å². The molecule has 0 saturated carbocycles. The number of thiophene rings is 1. The number of aliphatic hydroxyl groups is 1. The molecule has 0 aliphatic rings. The van der Waals surface area contributed by atoms with Gasteiger partial charge in [0.05, 0.1) is 6.10 Å². The van der Waals surface area contributed by atoms with Gasteiger partial charge in [-0.2, -0.15) is 0 Å². The predicted octanol–water partition coefficient (Wildman–Crippen LogP) is 3.61. The van der Waals surface area contributed by atoms with Crippen LogP contribution in [0.3, 0.4) is 0 Å². The fourth-order valence-electron chi connectivity index (χ4n) is 1.38. The molecule has 1 atom stereocenters. The van der Waals surface area contributed by atoms with Gasteiger partial charge in [0, 0.05) is 20.7 Å². The lowest BCUT2D eigenvalue weighted by Crippen LogP contribution is -1.88. The van der Waals surface area contributed by atoms with Crippen LogP contribution in [0.4, 0.5) is 0 Å². The molecule has 1 nitrogen and oxygen atoms in total. The summed E-state index contributed by atoms with van der Waals surface area (Å²) in [6.45, 7) is 1.75. The van der Waals surface area contributed by atoms with E-state index in [2.05, 4.69) is 0 Å². The molecular formula is C10H9ClOS. The lowest BCUT2D eigenvalue weighted by Gasteiger charge is -2.02. The first-order valence-electron chi connectivity index (χ1n) is 4.04. The summed E-state index contributed by atoms with van der Waals surface area (Å²) in [4.78, 5) is 0. The molecular weight excluding hydrogens is 204 g/mol. The van der Waals surface area contributed by atoms with E-state index in [1.54, 1.807) is 18.3 Å². The number of aliphatic hydroxyl groups excluding tert-OH is 1. The Hall–Kier alpha value is -0.570. The van der Waals surface area contributed by atoms with Crippen molar-refractivity contribution in [2.24, 2.45) is 0 Å². The van der Waals surface area contributed by atoms with Gasteiger partial charge in [0.2, 0.25) is 0 Å². The van der Waals surface area contributed by atoms with E-state index in [4.69, 9.17) is 11.6 Å². The first-order valence-corrected chi connectivity index (χ1v) is 5.29. The summed E-state index contributed by atoms with van der Waals surface area (Å²) in [7, 11) is 0. The maximum atomic E-state index is 9.48. The average Bonchev–Trinajstić information content (AvgIpc) is 2.49. The molecule has 3 heteroatoms. The van der Waals surface area contributed by atoms with Crippen molar-refractivity contribution in [3.05, 3.63) is 34.2 Å². The molecule has 0 bridgehead atoms. The molecule has 1 N–H and O–H groups in total. The summed E-state index contributed by atoms with van der Waals surface area (Å²) >= 11 is 7.66. The quantitative estimate of drug-likeness (QED) is 0.766. The van der Waals surface area contributed by atoms with Gasteiger partial charge in [-0.1, -0.05) is 17.7 Å². The minimum Gasteiger partial charge on any atom is -0.389 e. The maximum Gasteiger partial charge on any atom is 0.0776 e. The largest absolute Gasteiger partial charge is 0.389 e. The van der Waals surface area contributed by atoms with Crippen LogP contribution >= 0.6 is 22.9 Å². The zero-order chi connectivity index (χ0) is 9.42. The Morgan fingerprint density at radius 2 is 2.23 bits per heavy atom. The first-order chi connectivity index (χ1) is 6.20. The fourth-order valence-corrected chi connectivity index (χ4v) is 2.79. The number of fused-ring (bicyclic) bond motifs is 1. The van der Waals surface area contributed by atoms with Gasteiger partial charge in [-0.25, -0.2) is 0 Å². The van der Waals surface area contributed by atoms with Crippen LogP contribution < -0.4 is 0 Å². The highest BCUT2D eigenvalue weighted by molar-refractivity contribution is 7.17. The highest BCUT2D eigenvalue weighted by Crippen LogP contribution is 2.34. The van der Waals surface area contributed by atoms with Crippen molar-refractivity contribution in [3.63, 3.8) is 0 Å². The highest BCUT2D eigenvalue weighted by Gasteiger charge is 2.10. The van der Waals surface area contributed by atoms with Gasteiger partial charge in [0.1, 0.15) is 0 Å². The Labute approximate surface area is 85.6 Å². The molecule has 0 spiro atoms. The van der Waals surface area contributed by atoms with E-state index in [-0.39, 0.29) is 0 Å². The van der Waals surface area contributed by atoms with Crippen molar-refractivity contribution in [1.82, 2.24) is 0 Å². The van der Waals surface area contributed by atoms with Gasteiger partial charge in [-0.05, 0) is 24.4 Å². The third kappa shape index (κ3) is 1.46. The van der Waals surface area contributed by atoms with Crippen LogP contribution in [0.1, 0.15) is 18.6 Å². The molecule has 2 rings (SSSR count). The minimum absolute atomic E-state index is 0.450. The van der Waals surface area contributed by atoms with E-state index in [0.29, 0.717) is 0 Å². The van der Waals surface area contributed by atoms with Crippen LogP contribution in [0.5, 0.6) is 0 Å². The van der Waals surface area contributed by atoms with E-state index in [1.807, 2.05) is 23.6 Å². The summed E-state index contributed by atoms with van der Waals surface area (Å²) < 4.78 is 1.13. The Kier molecular flexibility index (Phi) is 2.28. The Morgan fingerprint density at radius 1 is 1.46 bits per heavy atom. The van der Waals surface area contributed by atoms with Crippen LogP contribution in [-0.4, -0.2) is 5.11 Å². The molecule has 13 heavy (non-hydrogen) atoms. The molecule has 1 aromatic heterocycles. The summed E-state index contributed by atoms with van der Waals surface area (Å²) in [5, 5.41) is 13.1. The van der Waals surface area contributed by atoms with Gasteiger partial charge in [0.15, 0.2) is 0 Å². The SMILES string of the molecule is CC(O)c1csc2cccc(Cl)c12. The van der Waals surface area contributed by atoms with Crippen molar-refractivity contribution in [2.75, 3.05) is 0 Å². The van der Waals surface area contributed by atoms with Crippen LogP contribution in [0, 0.1) is 0 Å². The molecule has 0 saturated heterocycles. The highest BCUT2D eigenvalue weighted by atomic mass is 35.5. The maximum absolute atomic E-state index is 9.48. The molecule has 0 radical (unpaired) electrons. The molecule has 0 aliphatic heterocycles. The molecule has 2 aromatic rings.